The van der Waals surface area contributed by atoms with E-state index in [-0.39, 0.29) is 111 Å². The van der Waals surface area contributed by atoms with Gasteiger partial charge >= 0.3 is 42.6 Å². The molecule has 0 spiro atoms. The number of benzene rings is 9. The average Bonchev–Trinajstić information content (AvgIpc) is 0.423. The lowest BCUT2D eigenvalue weighted by Crippen LogP contribution is -2.52. The number of sulfonamides is 3. The molecule has 5 amide bonds. The van der Waals surface area contributed by atoms with Crippen molar-refractivity contribution in [1.29, 1.82) is 0 Å². The highest BCUT2D eigenvalue weighted by Crippen LogP contribution is 2.43. The van der Waals surface area contributed by atoms with Crippen LogP contribution in [0.15, 0.2) is 204 Å². The van der Waals surface area contributed by atoms with E-state index in [9.17, 15) is 84.0 Å². The van der Waals surface area contributed by atoms with Crippen molar-refractivity contribution in [3.63, 3.8) is 0 Å². The number of carbonyl (C=O) groups excluding carboxylic acids is 6. The molecule has 0 saturated carbocycles. The van der Waals surface area contributed by atoms with Gasteiger partial charge in [-0.25, -0.2) is 58.3 Å². The van der Waals surface area contributed by atoms with Gasteiger partial charge in [0.25, 0.3) is 20.4 Å². The first kappa shape index (κ1) is 104. The van der Waals surface area contributed by atoms with Crippen molar-refractivity contribution in [1.82, 2.24) is 30.1 Å². The summed E-state index contributed by atoms with van der Waals surface area (Å²) < 4.78 is 207. The molecule has 0 unspecified atom stereocenters. The summed E-state index contributed by atoms with van der Waals surface area (Å²) in [6.45, 7) is 8.20. The Bertz CT molecular complexity index is 6770. The number of para-hydroxylation sites is 4. The molecule has 19 rings (SSSR count). The number of cyclic esters (lactones) is 5. The second kappa shape index (κ2) is 43.8. The van der Waals surface area contributed by atoms with Crippen LogP contribution in [-0.4, -0.2) is 245 Å². The maximum Gasteiger partial charge on any atom is 0.416 e. The zero-order valence-electron chi connectivity index (χ0n) is 78.9. The SMILES string of the molecule is CN(C)S(=O)(=O)N1CCC(N2C(=O)OCc3cc(Cl)ccc32)CC1.COC(=O)c1ccccc1S(=O)(=O)N1CCC(N2C(=O)OCc3ccccc32)CC1.Cc1cccc2c1N(C1CCN(S(=O)(=O)CCc3cccc4ccccc34)CC1)C(=O)OC2.Cc1cccc2c1N(C1CCN(S(=O)(=O)N(C)C)CC1)C(=O)OC2.O=C1OCc2ccccc2N1C1CCN(S(=O)(=O)c2cccc(C(F)(F)F)c2)CC1. The van der Waals surface area contributed by atoms with Gasteiger partial charge in [-0.15, -0.1) is 0 Å². The Hall–Kier alpha value is -11.4. The van der Waals surface area contributed by atoms with Crippen molar-refractivity contribution in [3.05, 3.63) is 255 Å². The normalized spacial score (nSPS) is 18.8. The van der Waals surface area contributed by atoms with Crippen molar-refractivity contribution in [2.45, 2.75) is 164 Å². The highest BCUT2D eigenvalue weighted by atomic mass is 35.5. The lowest BCUT2D eigenvalue weighted by atomic mass is 10.00. The zero-order valence-corrected chi connectivity index (χ0v) is 83.7. The first-order valence-corrected chi connectivity index (χ1v) is 53.9. The lowest BCUT2D eigenvalue weighted by molar-refractivity contribution is -0.137. The number of halogens is 4. The van der Waals surface area contributed by atoms with Crippen LogP contribution in [0.1, 0.15) is 125 Å². The number of hydrogen-bond acceptors (Lipinski definition) is 22. The third-order valence-corrected chi connectivity index (χ3v) is 36.6. The summed E-state index contributed by atoms with van der Waals surface area (Å²) in [5, 5.41) is 2.82. The molecule has 34 nitrogen and oxygen atoms in total. The highest BCUT2D eigenvalue weighted by Gasteiger charge is 2.46. The van der Waals surface area contributed by atoms with E-state index in [2.05, 4.69) is 0 Å². The molecule has 5 saturated heterocycles. The van der Waals surface area contributed by atoms with Crippen LogP contribution in [0.25, 0.3) is 10.8 Å². The fourth-order valence-corrected chi connectivity index (χ4v) is 26.5. The third kappa shape index (κ3) is 22.8. The largest absolute Gasteiger partial charge is 0.465 e. The smallest absolute Gasteiger partial charge is 0.416 e. The first-order chi connectivity index (χ1) is 67.2. The number of ether oxygens (including phenoxy) is 6. The van der Waals surface area contributed by atoms with Gasteiger partial charge in [0.05, 0.1) is 62.2 Å². The van der Waals surface area contributed by atoms with Crippen molar-refractivity contribution < 1.29 is 112 Å². The van der Waals surface area contributed by atoms with Gasteiger partial charge in [0.1, 0.15) is 33.0 Å². The number of nitrogens with zero attached hydrogens (tertiary/aromatic N) is 12. The lowest BCUT2D eigenvalue weighted by Gasteiger charge is -2.40. The molecule has 9 aromatic carbocycles. The van der Waals surface area contributed by atoms with E-state index in [4.69, 9.17) is 40.0 Å². The Labute approximate surface area is 824 Å². The second-order valence-electron chi connectivity index (χ2n) is 35.8. The van der Waals surface area contributed by atoms with Gasteiger partial charge in [0, 0.05) is 157 Å². The molecular weight excluding hydrogens is 1950 g/mol. The number of rotatable bonds is 18. The topological polar surface area (TPSA) is 367 Å². The average molecular weight is 2060 g/mol. The second-order valence-corrected chi connectivity index (χ2v) is 46.4. The Morgan fingerprint density at radius 3 is 1.22 bits per heavy atom. The van der Waals surface area contributed by atoms with Crippen LogP contribution >= 0.6 is 11.6 Å². The van der Waals surface area contributed by atoms with Crippen LogP contribution in [-0.2, 0) is 125 Å². The number of methoxy groups -OCH3 is 1. The fraction of sp³-hybridized carbons (Fsp3) is 0.408. The summed E-state index contributed by atoms with van der Waals surface area (Å²) in [6.07, 6.45) is -0.991. The summed E-state index contributed by atoms with van der Waals surface area (Å²) in [5.74, 6) is -0.615. The van der Waals surface area contributed by atoms with E-state index < -0.39 is 91.4 Å². The molecule has 9 aromatic rings. The Kier molecular flexibility index (Phi) is 32.3. The molecule has 0 aliphatic carbocycles. The zero-order chi connectivity index (χ0) is 101. The molecule has 10 heterocycles. The van der Waals surface area contributed by atoms with Crippen molar-refractivity contribution in [2.75, 3.05) is 131 Å². The molecule has 0 atom stereocenters. The molecule has 10 aliphatic heterocycles. The third-order valence-electron chi connectivity index (χ3n) is 26.8. The van der Waals surface area contributed by atoms with Gasteiger partial charge in [0.15, 0.2) is 0 Å². The number of fused-ring (bicyclic) bond motifs is 6. The van der Waals surface area contributed by atoms with Crippen LogP contribution < -0.4 is 24.5 Å². The van der Waals surface area contributed by atoms with Crippen LogP contribution in [0.5, 0.6) is 0 Å². The van der Waals surface area contributed by atoms with E-state index in [1.165, 1.54) is 73.3 Å². The van der Waals surface area contributed by atoms with Crippen molar-refractivity contribution >= 4 is 138 Å². The van der Waals surface area contributed by atoms with E-state index >= 15 is 0 Å². The number of alkyl halides is 3. The maximum atomic E-state index is 13.2. The minimum absolute atomic E-state index is 0.00987. The Morgan fingerprint density at radius 1 is 0.397 bits per heavy atom. The minimum Gasteiger partial charge on any atom is -0.465 e. The number of amides is 5. The van der Waals surface area contributed by atoms with Crippen LogP contribution in [0, 0.1) is 13.8 Å². The molecule has 10 aliphatic rings. The van der Waals surface area contributed by atoms with Gasteiger partial charge < -0.3 is 28.4 Å². The summed E-state index contributed by atoms with van der Waals surface area (Å²) in [5.41, 5.74) is 11.0. The Morgan fingerprint density at radius 2 is 0.759 bits per heavy atom. The minimum atomic E-state index is -4.62. The van der Waals surface area contributed by atoms with Gasteiger partial charge in [0.2, 0.25) is 30.1 Å². The molecule has 0 N–H and O–H groups in total. The molecule has 0 aromatic heterocycles. The molecule has 141 heavy (non-hydrogen) atoms. The number of piperidine rings is 5. The summed E-state index contributed by atoms with van der Waals surface area (Å²) in [4.78, 5) is 81.8. The van der Waals surface area contributed by atoms with Gasteiger partial charge in [-0.1, -0.05) is 145 Å². The fourth-order valence-electron chi connectivity index (χ4n) is 19.4. The van der Waals surface area contributed by atoms with E-state index in [1.54, 1.807) is 53.1 Å². The predicted octanol–water partition coefficient (Wildman–Crippen LogP) is 15.2. The standard InChI is InChI=1S/C26H28N2O4S.C21H22N2O6S.C20H19F3N2O4S.C16H23N3O4S.C15H20ClN3O4S/c1-19-6-4-10-22-18-32-26(29)28(25(19)22)23-12-15-27(16-13-23)33(30,31)17-14-21-9-5-8-20-7-2-3-11-24(20)21;1-28-20(24)17-7-3-5-9-19(17)30(26,27)22-12-10-16(11-13-22)23-18-8-4-2-6-15(18)14-29-21(23)25;21-20(22,23)15-5-3-6-17(12-15)30(27,28)24-10-8-16(9-11-24)25-18-7-2-1-4-14(18)13-29-19(25)26;1-12-5-4-6-13-11-23-16(20)19(15(12)13)14-7-9-18(10-8-14)24(21,22)17(2)3;1-17(2)24(21,22)18-7-5-13(6-8-18)19-14-4-3-12(16)9-11(14)10-23-15(19)20/h2-11,23H,12-18H2,1H3;2-9,16H,10-14H2,1H3;1-7,12,16H,8-11,13H2;4-6,14H,7-11H2,1-3H3;3-4,9,13H,5-8,10H2,1-2H3. The van der Waals surface area contributed by atoms with Gasteiger partial charge in [-0.3, -0.25) is 24.5 Å². The van der Waals surface area contributed by atoms with E-state index in [0.29, 0.717) is 128 Å². The van der Waals surface area contributed by atoms with Crippen molar-refractivity contribution in [3.8, 4) is 0 Å². The molecule has 5 fully saturated rings. The van der Waals surface area contributed by atoms with Crippen LogP contribution in [0.3, 0.4) is 0 Å². The quantitative estimate of drug-likeness (QED) is 0.0569. The predicted molar refractivity (Wildman–Crippen MR) is 523 cm³/mol. The van der Waals surface area contributed by atoms with Crippen LogP contribution in [0.4, 0.5) is 65.6 Å². The number of aryl methyl sites for hydroxylation is 3. The number of hydrogen-bond donors (Lipinski definition) is 0. The Balaban J connectivity index is 0.000000134. The molecule has 754 valence electrons. The number of anilines is 5. The molecule has 43 heteroatoms. The van der Waals surface area contributed by atoms with Gasteiger partial charge in [-0.05, 0) is 173 Å². The van der Waals surface area contributed by atoms with E-state index in [0.717, 1.165) is 102 Å². The summed E-state index contributed by atoms with van der Waals surface area (Å²) in [6, 6.07) is 55.3. The van der Waals surface area contributed by atoms with Gasteiger partial charge in [-0.2, -0.15) is 55.8 Å². The number of carbonyl (C=O) groups is 6. The molecule has 0 bridgehead atoms. The number of esters is 1. The maximum absolute atomic E-state index is 13.2. The molecule has 0 radical (unpaired) electrons. The van der Waals surface area contributed by atoms with Crippen molar-refractivity contribution in [2.24, 2.45) is 0 Å². The van der Waals surface area contributed by atoms with E-state index in [1.807, 2.05) is 147 Å². The monoisotopic (exact) mass is 2060 g/mol. The molecular formula is C98H112ClF3N12O22S5. The highest BCUT2D eigenvalue weighted by molar-refractivity contribution is 7.90. The summed E-state index contributed by atoms with van der Waals surface area (Å²) >= 11 is 6.01. The van der Waals surface area contributed by atoms with Crippen LogP contribution in [0.2, 0.25) is 5.02 Å². The first-order valence-electron chi connectivity index (χ1n) is 46.2. The summed E-state index contributed by atoms with van der Waals surface area (Å²) in [7, 11) is -10.9.